The Morgan fingerprint density at radius 2 is 1.67 bits per heavy atom. The molecule has 2 heteroatoms. The molecule has 0 amide bonds. The van der Waals surface area contributed by atoms with Crippen LogP contribution in [0.5, 0.6) is 0 Å². The first-order valence-electron chi connectivity index (χ1n) is 7.76. The highest BCUT2D eigenvalue weighted by molar-refractivity contribution is 5.35. The quantitative estimate of drug-likeness (QED) is 0.825. The highest BCUT2D eigenvalue weighted by Gasteiger charge is 2.25. The Hall–Kier alpha value is -1.67. The number of rotatable bonds is 3. The first-order chi connectivity index (χ1) is 10.2. The van der Waals surface area contributed by atoms with Crippen LogP contribution in [0.15, 0.2) is 48.5 Å². The molecule has 1 nitrogen and oxygen atoms in total. The van der Waals surface area contributed by atoms with Gasteiger partial charge in [-0.1, -0.05) is 49.4 Å². The molecule has 0 aliphatic heterocycles. The second kappa shape index (κ2) is 5.98. The van der Waals surface area contributed by atoms with Crippen LogP contribution >= 0.6 is 0 Å². The molecule has 3 atom stereocenters. The Labute approximate surface area is 126 Å². The highest BCUT2D eigenvalue weighted by atomic mass is 19.1. The van der Waals surface area contributed by atoms with Gasteiger partial charge in [-0.2, -0.15) is 0 Å². The summed E-state index contributed by atoms with van der Waals surface area (Å²) >= 11 is 0. The molecule has 0 bridgehead atoms. The lowest BCUT2D eigenvalue weighted by atomic mass is 9.80. The van der Waals surface area contributed by atoms with Gasteiger partial charge in [0.2, 0.25) is 0 Å². The van der Waals surface area contributed by atoms with Crippen LogP contribution in [0, 0.1) is 5.82 Å². The summed E-state index contributed by atoms with van der Waals surface area (Å²) in [6.07, 6.45) is 2.29. The molecule has 0 saturated carbocycles. The minimum Gasteiger partial charge on any atom is -0.303 e. The monoisotopic (exact) mass is 283 g/mol. The van der Waals surface area contributed by atoms with Crippen molar-refractivity contribution in [3.63, 3.8) is 0 Å². The van der Waals surface area contributed by atoms with Gasteiger partial charge in [-0.15, -0.1) is 0 Å². The van der Waals surface area contributed by atoms with Gasteiger partial charge in [-0.25, -0.2) is 4.39 Å². The van der Waals surface area contributed by atoms with Crippen molar-refractivity contribution in [1.29, 1.82) is 0 Å². The molecule has 3 rings (SSSR count). The zero-order valence-corrected chi connectivity index (χ0v) is 12.6. The molecule has 0 heterocycles. The zero-order chi connectivity index (χ0) is 14.8. The molecular formula is C19H22FN. The van der Waals surface area contributed by atoms with Crippen molar-refractivity contribution in [1.82, 2.24) is 5.32 Å². The van der Waals surface area contributed by atoms with Crippen LogP contribution in [0.25, 0.3) is 0 Å². The van der Waals surface area contributed by atoms with Crippen LogP contribution in [0.3, 0.4) is 0 Å². The molecule has 1 N–H and O–H groups in total. The van der Waals surface area contributed by atoms with Crippen molar-refractivity contribution in [3.05, 3.63) is 71.0 Å². The number of fused-ring (bicyclic) bond motifs is 1. The SMILES string of the molecule is CC1CCC(N[C@H](C)c2ccccc2F)c2ccccc21. The van der Waals surface area contributed by atoms with E-state index in [4.69, 9.17) is 0 Å². The van der Waals surface area contributed by atoms with Gasteiger partial charge in [0, 0.05) is 17.6 Å². The third-order valence-electron chi connectivity index (χ3n) is 4.61. The number of hydrogen-bond acceptors (Lipinski definition) is 1. The second-order valence-electron chi connectivity index (χ2n) is 6.07. The molecule has 0 fully saturated rings. The highest BCUT2D eigenvalue weighted by Crippen LogP contribution is 2.38. The molecule has 1 aliphatic rings. The summed E-state index contributed by atoms with van der Waals surface area (Å²) in [4.78, 5) is 0. The Kier molecular flexibility index (Phi) is 4.07. The van der Waals surface area contributed by atoms with Crippen molar-refractivity contribution in [2.45, 2.75) is 44.7 Å². The van der Waals surface area contributed by atoms with Gasteiger partial charge >= 0.3 is 0 Å². The Morgan fingerprint density at radius 3 is 2.43 bits per heavy atom. The van der Waals surface area contributed by atoms with E-state index in [0.29, 0.717) is 12.0 Å². The minimum absolute atomic E-state index is 0.0117. The molecule has 2 aromatic carbocycles. The van der Waals surface area contributed by atoms with Gasteiger partial charge < -0.3 is 5.32 Å². The fraction of sp³-hybridized carbons (Fsp3) is 0.368. The van der Waals surface area contributed by atoms with Crippen LogP contribution in [0.1, 0.15) is 61.4 Å². The zero-order valence-electron chi connectivity index (χ0n) is 12.6. The summed E-state index contributed by atoms with van der Waals surface area (Å²) in [5.41, 5.74) is 3.55. The topological polar surface area (TPSA) is 12.0 Å². The summed E-state index contributed by atoms with van der Waals surface area (Å²) in [6, 6.07) is 16.0. The molecule has 2 aromatic rings. The minimum atomic E-state index is -0.130. The fourth-order valence-corrected chi connectivity index (χ4v) is 3.40. The van der Waals surface area contributed by atoms with Gasteiger partial charge in [-0.3, -0.25) is 0 Å². The number of halogens is 1. The van der Waals surface area contributed by atoms with Crippen molar-refractivity contribution in [3.8, 4) is 0 Å². The molecule has 0 radical (unpaired) electrons. The molecule has 1 aliphatic carbocycles. The predicted molar refractivity (Wildman–Crippen MR) is 84.8 cm³/mol. The van der Waals surface area contributed by atoms with E-state index < -0.39 is 0 Å². The summed E-state index contributed by atoms with van der Waals surface area (Å²) in [5.74, 6) is 0.484. The van der Waals surface area contributed by atoms with Crippen molar-refractivity contribution >= 4 is 0 Å². The van der Waals surface area contributed by atoms with Crippen LogP contribution in [0.2, 0.25) is 0 Å². The largest absolute Gasteiger partial charge is 0.303 e. The molecule has 2 unspecified atom stereocenters. The lowest BCUT2D eigenvalue weighted by Crippen LogP contribution is -2.29. The summed E-state index contributed by atoms with van der Waals surface area (Å²) in [7, 11) is 0. The first-order valence-corrected chi connectivity index (χ1v) is 7.76. The molecule has 0 saturated heterocycles. The van der Waals surface area contributed by atoms with Gasteiger partial charge in [0.05, 0.1) is 0 Å². The fourth-order valence-electron chi connectivity index (χ4n) is 3.40. The molecule has 110 valence electrons. The van der Waals surface area contributed by atoms with Gasteiger partial charge in [0.25, 0.3) is 0 Å². The first kappa shape index (κ1) is 14.3. The predicted octanol–water partition coefficient (Wildman–Crippen LogP) is 5.11. The maximum atomic E-state index is 13.9. The van der Waals surface area contributed by atoms with Crippen molar-refractivity contribution < 1.29 is 4.39 Å². The van der Waals surface area contributed by atoms with Gasteiger partial charge in [0.15, 0.2) is 0 Å². The summed E-state index contributed by atoms with van der Waals surface area (Å²) in [5, 5.41) is 3.61. The average Bonchev–Trinajstić information content (AvgIpc) is 2.51. The third-order valence-corrected chi connectivity index (χ3v) is 4.61. The summed E-state index contributed by atoms with van der Waals surface area (Å²) in [6.45, 7) is 4.33. The van der Waals surface area contributed by atoms with E-state index in [1.54, 1.807) is 6.07 Å². The van der Waals surface area contributed by atoms with Crippen LogP contribution in [-0.4, -0.2) is 0 Å². The summed E-state index contributed by atoms with van der Waals surface area (Å²) < 4.78 is 13.9. The Balaban J connectivity index is 1.83. The van der Waals surface area contributed by atoms with Crippen LogP contribution in [-0.2, 0) is 0 Å². The Morgan fingerprint density at radius 1 is 1.00 bits per heavy atom. The number of benzene rings is 2. The second-order valence-corrected chi connectivity index (χ2v) is 6.07. The van der Waals surface area contributed by atoms with E-state index in [1.807, 2.05) is 19.1 Å². The van der Waals surface area contributed by atoms with Crippen molar-refractivity contribution in [2.24, 2.45) is 0 Å². The van der Waals surface area contributed by atoms with Crippen LogP contribution < -0.4 is 5.32 Å². The van der Waals surface area contributed by atoms with E-state index in [9.17, 15) is 4.39 Å². The third kappa shape index (κ3) is 2.86. The van der Waals surface area contributed by atoms with E-state index >= 15 is 0 Å². The normalized spacial score (nSPS) is 22.6. The van der Waals surface area contributed by atoms with Gasteiger partial charge in [-0.05, 0) is 42.9 Å². The molecule has 0 aromatic heterocycles. The van der Waals surface area contributed by atoms with E-state index in [1.165, 1.54) is 23.6 Å². The lowest BCUT2D eigenvalue weighted by Gasteiger charge is -2.32. The molecule has 21 heavy (non-hydrogen) atoms. The van der Waals surface area contributed by atoms with E-state index in [0.717, 1.165) is 12.0 Å². The maximum Gasteiger partial charge on any atom is 0.127 e. The lowest BCUT2D eigenvalue weighted by molar-refractivity contribution is 0.390. The Bertz CT molecular complexity index is 622. The molecule has 0 spiro atoms. The smallest absolute Gasteiger partial charge is 0.127 e. The van der Waals surface area contributed by atoms with Gasteiger partial charge in [0.1, 0.15) is 5.82 Å². The maximum absolute atomic E-state index is 13.9. The van der Waals surface area contributed by atoms with Crippen LogP contribution in [0.4, 0.5) is 4.39 Å². The standard InChI is InChI=1S/C19H22FN/c1-13-11-12-19(17-9-4-3-7-15(13)17)21-14(2)16-8-5-6-10-18(16)20/h3-10,13-14,19,21H,11-12H2,1-2H3/t13?,14-,19?/m1/s1. The van der Waals surface area contributed by atoms with E-state index in [-0.39, 0.29) is 11.9 Å². The van der Waals surface area contributed by atoms with Crippen molar-refractivity contribution in [2.75, 3.05) is 0 Å². The van der Waals surface area contributed by atoms with E-state index in [2.05, 4.69) is 36.5 Å². The molecular weight excluding hydrogens is 261 g/mol. The number of hydrogen-bond donors (Lipinski definition) is 1. The average molecular weight is 283 g/mol. The number of nitrogens with one attached hydrogen (secondary N) is 1.